The molecule has 7 heavy (non-hydrogen) atoms. The van der Waals surface area contributed by atoms with Gasteiger partial charge in [0.25, 0.3) is 0 Å². The van der Waals surface area contributed by atoms with Crippen molar-refractivity contribution in [3.8, 4) is 0 Å². The maximum atomic E-state index is 9.90. The zero-order valence-electron chi connectivity index (χ0n) is 4.52. The topological polar surface area (TPSA) is 17.1 Å². The minimum atomic E-state index is 0.0347. The Labute approximate surface area is 52.2 Å². The molecule has 0 fully saturated rings. The van der Waals surface area contributed by atoms with Gasteiger partial charge in [0.2, 0.25) is 0 Å². The van der Waals surface area contributed by atoms with Gasteiger partial charge in [-0.05, 0) is 5.92 Å². The number of halogens is 1. The van der Waals surface area contributed by atoms with Gasteiger partial charge in [-0.25, -0.2) is 0 Å². The third-order valence-electron chi connectivity index (χ3n) is 0.767. The van der Waals surface area contributed by atoms with Crippen LogP contribution in [0.3, 0.4) is 0 Å². The van der Waals surface area contributed by atoms with Crippen molar-refractivity contribution in [2.24, 2.45) is 5.92 Å². The van der Waals surface area contributed by atoms with Crippen LogP contribution >= 0.6 is 15.9 Å². The minimum absolute atomic E-state index is 0.0347. The van der Waals surface area contributed by atoms with Gasteiger partial charge in [-0.3, -0.25) is 0 Å². The van der Waals surface area contributed by atoms with Crippen molar-refractivity contribution in [3.05, 3.63) is 0 Å². The minimum Gasteiger partial charge on any atom is -0.302 e. The van der Waals surface area contributed by atoms with E-state index < -0.39 is 0 Å². The van der Waals surface area contributed by atoms with Crippen molar-refractivity contribution >= 4 is 22.2 Å². The summed E-state index contributed by atoms with van der Waals surface area (Å²) in [7, 11) is 0. The Morgan fingerprint density at radius 1 is 1.57 bits per heavy atom. The number of hydrogen-bond donors (Lipinski definition) is 0. The van der Waals surface area contributed by atoms with Crippen molar-refractivity contribution in [1.29, 1.82) is 0 Å². The quantitative estimate of drug-likeness (QED) is 0.448. The Bertz CT molecular complexity index is 61.1. The number of aldehydes is 1. The lowest BCUT2D eigenvalue weighted by molar-refractivity contribution is -0.107. The van der Waals surface area contributed by atoms with Crippen LogP contribution in [0.5, 0.6) is 0 Å². The summed E-state index contributed by atoms with van der Waals surface area (Å²) in [6.45, 7) is 3.99. The first kappa shape index (κ1) is 7.15. The lowest BCUT2D eigenvalue weighted by Gasteiger charge is -2.02. The molecule has 0 aromatic rings. The first-order valence-electron chi connectivity index (χ1n) is 2.28. The molecule has 0 aliphatic heterocycles. The molecular formula is C5H9BrO. The highest BCUT2D eigenvalue weighted by atomic mass is 79.9. The predicted octanol–water partition coefficient (Wildman–Crippen LogP) is 1.60. The molecule has 0 saturated carbocycles. The Kier molecular flexibility index (Phi) is 3.26. The maximum Gasteiger partial charge on any atom is 0.133 e. The number of rotatable bonds is 2. The molecule has 0 aliphatic rings. The molecule has 0 aromatic carbocycles. The first-order valence-corrected chi connectivity index (χ1v) is 3.19. The second-order valence-electron chi connectivity index (χ2n) is 1.82. The summed E-state index contributed by atoms with van der Waals surface area (Å²) >= 11 is 3.17. The summed E-state index contributed by atoms with van der Waals surface area (Å²) in [4.78, 5) is 9.93. The number of carbonyl (C=O) groups is 1. The highest BCUT2D eigenvalue weighted by molar-refractivity contribution is 9.09. The summed E-state index contributed by atoms with van der Waals surface area (Å²) < 4.78 is 0. The molecule has 0 bridgehead atoms. The summed E-state index contributed by atoms with van der Waals surface area (Å²) in [5.74, 6) is 0.414. The molecule has 0 rings (SSSR count). The van der Waals surface area contributed by atoms with E-state index >= 15 is 0 Å². The molecule has 0 heterocycles. The summed E-state index contributed by atoms with van der Waals surface area (Å²) in [6.07, 6.45) is 0.907. The van der Waals surface area contributed by atoms with Crippen LogP contribution in [0.25, 0.3) is 0 Å². The zero-order chi connectivity index (χ0) is 5.86. The summed E-state index contributed by atoms with van der Waals surface area (Å²) in [5, 5.41) is 0. The smallest absolute Gasteiger partial charge is 0.133 e. The van der Waals surface area contributed by atoms with Crippen LogP contribution in [0.15, 0.2) is 0 Å². The number of alkyl halides is 1. The van der Waals surface area contributed by atoms with Crippen LogP contribution < -0.4 is 0 Å². The Hall–Kier alpha value is 0.150. The lowest BCUT2D eigenvalue weighted by atomic mass is 10.2. The van der Waals surface area contributed by atoms with E-state index in [4.69, 9.17) is 0 Å². The van der Waals surface area contributed by atoms with E-state index in [9.17, 15) is 4.79 Å². The van der Waals surface area contributed by atoms with Crippen LogP contribution in [-0.4, -0.2) is 11.1 Å². The van der Waals surface area contributed by atoms with E-state index in [0.29, 0.717) is 5.92 Å². The fraction of sp³-hybridized carbons (Fsp3) is 0.800. The van der Waals surface area contributed by atoms with Gasteiger partial charge in [-0.1, -0.05) is 29.8 Å². The van der Waals surface area contributed by atoms with E-state index in [1.165, 1.54) is 0 Å². The van der Waals surface area contributed by atoms with Crippen molar-refractivity contribution in [2.75, 3.05) is 0 Å². The number of hydrogen-bond acceptors (Lipinski definition) is 1. The zero-order valence-corrected chi connectivity index (χ0v) is 6.10. The standard InChI is InChI=1S/C5H9BrO/c1-4(2)5(6)3-7/h3-5H,1-2H3/t5-/m0/s1. The molecule has 0 unspecified atom stereocenters. The Morgan fingerprint density at radius 2 is 2.00 bits per heavy atom. The third-order valence-corrected chi connectivity index (χ3v) is 2.04. The van der Waals surface area contributed by atoms with Gasteiger partial charge in [0.1, 0.15) is 6.29 Å². The van der Waals surface area contributed by atoms with Crippen molar-refractivity contribution < 1.29 is 4.79 Å². The van der Waals surface area contributed by atoms with E-state index in [1.807, 2.05) is 13.8 Å². The van der Waals surface area contributed by atoms with Crippen LogP contribution in [0.1, 0.15) is 13.8 Å². The van der Waals surface area contributed by atoms with Gasteiger partial charge in [0, 0.05) is 0 Å². The SMILES string of the molecule is CC(C)[C@@H](Br)C=O. The van der Waals surface area contributed by atoms with E-state index in [-0.39, 0.29) is 4.83 Å². The van der Waals surface area contributed by atoms with E-state index in [1.54, 1.807) is 0 Å². The largest absolute Gasteiger partial charge is 0.302 e. The molecular weight excluding hydrogens is 156 g/mol. The molecule has 42 valence electrons. The first-order chi connectivity index (χ1) is 3.18. The van der Waals surface area contributed by atoms with Gasteiger partial charge >= 0.3 is 0 Å². The molecule has 0 amide bonds. The Balaban J connectivity index is 3.33. The average molecular weight is 165 g/mol. The second-order valence-corrected chi connectivity index (χ2v) is 2.88. The highest BCUT2D eigenvalue weighted by Gasteiger charge is 2.04. The molecule has 1 atom stereocenters. The molecule has 0 N–H and O–H groups in total. The van der Waals surface area contributed by atoms with Gasteiger partial charge in [-0.15, -0.1) is 0 Å². The second kappa shape index (κ2) is 3.19. The van der Waals surface area contributed by atoms with Crippen molar-refractivity contribution in [2.45, 2.75) is 18.7 Å². The molecule has 0 aliphatic carbocycles. The average Bonchev–Trinajstić information content (AvgIpc) is 1.65. The highest BCUT2D eigenvalue weighted by Crippen LogP contribution is 2.07. The fourth-order valence-electron chi connectivity index (χ4n) is 0.157. The molecule has 0 radical (unpaired) electrons. The molecule has 1 nitrogen and oxygen atoms in total. The monoisotopic (exact) mass is 164 g/mol. The van der Waals surface area contributed by atoms with Crippen molar-refractivity contribution in [3.63, 3.8) is 0 Å². The van der Waals surface area contributed by atoms with Gasteiger partial charge in [0.15, 0.2) is 0 Å². The van der Waals surface area contributed by atoms with Crippen molar-refractivity contribution in [1.82, 2.24) is 0 Å². The van der Waals surface area contributed by atoms with Crippen LogP contribution in [0.4, 0.5) is 0 Å². The fourth-order valence-corrected chi connectivity index (χ4v) is 0.157. The molecule has 0 saturated heterocycles. The normalized spacial score (nSPS) is 14.3. The van der Waals surface area contributed by atoms with Crippen LogP contribution in [0, 0.1) is 5.92 Å². The molecule has 0 aromatic heterocycles. The summed E-state index contributed by atoms with van der Waals surface area (Å²) in [5.41, 5.74) is 0. The van der Waals surface area contributed by atoms with Gasteiger partial charge in [0.05, 0.1) is 4.83 Å². The van der Waals surface area contributed by atoms with Gasteiger partial charge in [-0.2, -0.15) is 0 Å². The Morgan fingerprint density at radius 3 is 2.00 bits per heavy atom. The van der Waals surface area contributed by atoms with Crippen LogP contribution in [-0.2, 0) is 4.79 Å². The third kappa shape index (κ3) is 2.80. The molecule has 2 heteroatoms. The van der Waals surface area contributed by atoms with Gasteiger partial charge < -0.3 is 4.79 Å². The summed E-state index contributed by atoms with van der Waals surface area (Å²) in [6, 6.07) is 0. The maximum absolute atomic E-state index is 9.90. The molecule has 0 spiro atoms. The van der Waals surface area contributed by atoms with Crippen LogP contribution in [0.2, 0.25) is 0 Å². The predicted molar refractivity (Wildman–Crippen MR) is 33.6 cm³/mol. The lowest BCUT2D eigenvalue weighted by Crippen LogP contribution is -2.06. The van der Waals surface area contributed by atoms with E-state index in [2.05, 4.69) is 15.9 Å². The van der Waals surface area contributed by atoms with E-state index in [0.717, 1.165) is 6.29 Å². The number of carbonyl (C=O) groups excluding carboxylic acids is 1.